The van der Waals surface area contributed by atoms with E-state index in [0.717, 1.165) is 10.9 Å². The number of aromatic hydroxyl groups is 1. The van der Waals surface area contributed by atoms with Gasteiger partial charge in [-0.1, -0.05) is 30.3 Å². The van der Waals surface area contributed by atoms with Crippen molar-refractivity contribution in [2.45, 2.75) is 13.8 Å². The first-order chi connectivity index (χ1) is 12.0. The topological polar surface area (TPSA) is 70.6 Å². The van der Waals surface area contributed by atoms with E-state index in [1.165, 1.54) is 5.56 Å². The number of aryl methyl sites for hydroxylation is 2. The Bertz CT molecular complexity index is 922. The number of benzene rings is 3. The molecule has 5 nitrogen and oxygen atoms in total. The smallest absolute Gasteiger partial charge is 0.321 e. The van der Waals surface area contributed by atoms with Crippen LogP contribution in [0.1, 0.15) is 11.1 Å². The molecular weight excluding hydrogens is 316 g/mol. The molecule has 25 heavy (non-hydrogen) atoms. The van der Waals surface area contributed by atoms with E-state index in [1.807, 2.05) is 38.1 Å². The highest BCUT2D eigenvalue weighted by Crippen LogP contribution is 2.29. The molecule has 0 aliphatic heterocycles. The quantitative estimate of drug-likeness (QED) is 0.621. The number of carbonyl (C=O) groups excluding carboxylic acids is 1. The van der Waals surface area contributed by atoms with E-state index in [1.54, 1.807) is 30.3 Å². The fourth-order valence-electron chi connectivity index (χ4n) is 2.56. The molecule has 0 aliphatic rings. The van der Waals surface area contributed by atoms with Crippen LogP contribution >= 0.6 is 0 Å². The zero-order valence-corrected chi connectivity index (χ0v) is 14.2. The molecule has 0 spiro atoms. The highest BCUT2D eigenvalue weighted by Gasteiger charge is 2.07. The van der Waals surface area contributed by atoms with Crippen molar-refractivity contribution < 1.29 is 14.6 Å². The lowest BCUT2D eigenvalue weighted by atomic mass is 10.1. The SMILES string of the molecule is Cc1ccc(OCNC(=O)Nc2cccc3c(O)cccc23)cc1C. The first-order valence-corrected chi connectivity index (χ1v) is 8.00. The van der Waals surface area contributed by atoms with Gasteiger partial charge in [0.2, 0.25) is 0 Å². The third kappa shape index (κ3) is 3.83. The van der Waals surface area contributed by atoms with Crippen LogP contribution in [-0.2, 0) is 0 Å². The summed E-state index contributed by atoms with van der Waals surface area (Å²) >= 11 is 0. The number of hydrogen-bond donors (Lipinski definition) is 3. The molecule has 0 unspecified atom stereocenters. The van der Waals surface area contributed by atoms with Crippen molar-refractivity contribution in [3.63, 3.8) is 0 Å². The maximum absolute atomic E-state index is 12.1. The Kier molecular flexibility index (Phi) is 4.75. The minimum absolute atomic E-state index is 0.0599. The summed E-state index contributed by atoms with van der Waals surface area (Å²) in [5, 5.41) is 16.8. The molecule has 0 aliphatic carbocycles. The van der Waals surface area contributed by atoms with E-state index < -0.39 is 0 Å². The van der Waals surface area contributed by atoms with Crippen molar-refractivity contribution in [2.75, 3.05) is 12.0 Å². The van der Waals surface area contributed by atoms with Crippen LogP contribution < -0.4 is 15.4 Å². The lowest BCUT2D eigenvalue weighted by molar-refractivity contribution is 0.234. The van der Waals surface area contributed by atoms with Crippen molar-refractivity contribution in [2.24, 2.45) is 0 Å². The maximum Gasteiger partial charge on any atom is 0.321 e. The summed E-state index contributed by atoms with van der Waals surface area (Å²) in [5.41, 5.74) is 2.95. The number of rotatable bonds is 4. The van der Waals surface area contributed by atoms with Crippen LogP contribution in [0.2, 0.25) is 0 Å². The number of hydrogen-bond acceptors (Lipinski definition) is 3. The van der Waals surface area contributed by atoms with Gasteiger partial charge in [0.15, 0.2) is 6.73 Å². The number of phenols is 1. The Balaban J connectivity index is 1.61. The molecule has 3 rings (SSSR count). The van der Waals surface area contributed by atoms with Gasteiger partial charge in [0.05, 0.1) is 5.69 Å². The Labute approximate surface area is 146 Å². The van der Waals surface area contributed by atoms with Crippen molar-refractivity contribution in [1.29, 1.82) is 0 Å². The third-order valence-electron chi connectivity index (χ3n) is 4.10. The van der Waals surface area contributed by atoms with Gasteiger partial charge in [0, 0.05) is 10.8 Å². The molecule has 3 aromatic carbocycles. The molecule has 0 saturated heterocycles. The minimum Gasteiger partial charge on any atom is -0.507 e. The summed E-state index contributed by atoms with van der Waals surface area (Å²) in [7, 11) is 0. The molecule has 0 bridgehead atoms. The Morgan fingerprint density at radius 1 is 1.00 bits per heavy atom. The van der Waals surface area contributed by atoms with Crippen molar-refractivity contribution in [3.8, 4) is 11.5 Å². The van der Waals surface area contributed by atoms with Crippen LogP contribution in [0.4, 0.5) is 10.5 Å². The lowest BCUT2D eigenvalue weighted by Crippen LogP contribution is -2.32. The zero-order chi connectivity index (χ0) is 17.8. The molecule has 2 amide bonds. The van der Waals surface area contributed by atoms with Crippen LogP contribution in [0, 0.1) is 13.8 Å². The van der Waals surface area contributed by atoms with Gasteiger partial charge >= 0.3 is 6.03 Å². The fraction of sp³-hybridized carbons (Fsp3) is 0.150. The standard InChI is InChI=1S/C20H20N2O3/c1-13-9-10-15(11-14(13)2)25-12-21-20(24)22-18-7-3-6-17-16(18)5-4-8-19(17)23/h3-11,23H,12H2,1-2H3,(H2,21,22,24). The molecule has 5 heteroatoms. The van der Waals surface area contributed by atoms with E-state index in [0.29, 0.717) is 16.8 Å². The number of phenolic OH excluding ortho intramolecular Hbond substituents is 1. The van der Waals surface area contributed by atoms with Gasteiger partial charge < -0.3 is 20.5 Å². The van der Waals surface area contributed by atoms with Crippen molar-refractivity contribution >= 4 is 22.5 Å². The van der Waals surface area contributed by atoms with Gasteiger partial charge in [-0.05, 0) is 49.2 Å². The minimum atomic E-state index is -0.375. The second-order valence-electron chi connectivity index (χ2n) is 5.84. The van der Waals surface area contributed by atoms with Crippen LogP contribution in [0.25, 0.3) is 10.8 Å². The summed E-state index contributed by atoms with van der Waals surface area (Å²) < 4.78 is 5.54. The number of carbonyl (C=O) groups is 1. The highest BCUT2D eigenvalue weighted by molar-refractivity contribution is 6.03. The largest absolute Gasteiger partial charge is 0.507 e. The van der Waals surface area contributed by atoms with Crippen LogP contribution in [0.5, 0.6) is 11.5 Å². The molecule has 0 heterocycles. The van der Waals surface area contributed by atoms with E-state index in [-0.39, 0.29) is 18.5 Å². The molecule has 0 atom stereocenters. The molecular formula is C20H20N2O3. The molecule has 3 N–H and O–H groups in total. The van der Waals surface area contributed by atoms with Crippen LogP contribution in [0.15, 0.2) is 54.6 Å². The summed E-state index contributed by atoms with van der Waals surface area (Å²) in [6.45, 7) is 4.11. The van der Waals surface area contributed by atoms with Gasteiger partial charge in [-0.15, -0.1) is 0 Å². The number of fused-ring (bicyclic) bond motifs is 1. The average Bonchev–Trinajstić information content (AvgIpc) is 2.59. The maximum atomic E-state index is 12.1. The average molecular weight is 336 g/mol. The third-order valence-corrected chi connectivity index (χ3v) is 4.10. The summed E-state index contributed by atoms with van der Waals surface area (Å²) in [6.07, 6.45) is 0. The zero-order valence-electron chi connectivity index (χ0n) is 14.2. The van der Waals surface area contributed by atoms with Crippen LogP contribution in [-0.4, -0.2) is 17.9 Å². The number of nitrogens with one attached hydrogen (secondary N) is 2. The first kappa shape index (κ1) is 16.6. The van der Waals surface area contributed by atoms with Crippen molar-refractivity contribution in [1.82, 2.24) is 5.32 Å². The lowest BCUT2D eigenvalue weighted by Gasteiger charge is -2.12. The number of ether oxygens (including phenoxy) is 1. The number of urea groups is 1. The second-order valence-corrected chi connectivity index (χ2v) is 5.84. The van der Waals surface area contributed by atoms with Gasteiger partial charge in [0.25, 0.3) is 0 Å². The highest BCUT2D eigenvalue weighted by atomic mass is 16.5. The van der Waals surface area contributed by atoms with E-state index in [4.69, 9.17) is 4.74 Å². The van der Waals surface area contributed by atoms with E-state index in [2.05, 4.69) is 10.6 Å². The van der Waals surface area contributed by atoms with Gasteiger partial charge in [-0.25, -0.2) is 4.79 Å². The molecule has 0 aromatic heterocycles. The predicted molar refractivity (Wildman–Crippen MR) is 99.2 cm³/mol. The van der Waals surface area contributed by atoms with Gasteiger partial charge in [0.1, 0.15) is 11.5 Å². The first-order valence-electron chi connectivity index (χ1n) is 8.00. The summed E-state index contributed by atoms with van der Waals surface area (Å²) in [6, 6.07) is 16.0. The fourth-order valence-corrected chi connectivity index (χ4v) is 2.56. The van der Waals surface area contributed by atoms with Crippen LogP contribution in [0.3, 0.4) is 0 Å². The molecule has 0 saturated carbocycles. The Morgan fingerprint density at radius 3 is 2.56 bits per heavy atom. The van der Waals surface area contributed by atoms with Crippen molar-refractivity contribution in [3.05, 3.63) is 65.7 Å². The number of amides is 2. The normalized spacial score (nSPS) is 10.5. The molecule has 0 radical (unpaired) electrons. The summed E-state index contributed by atoms with van der Waals surface area (Å²) in [4.78, 5) is 12.1. The molecule has 128 valence electrons. The Hall–Kier alpha value is -3.21. The van der Waals surface area contributed by atoms with Gasteiger partial charge in [-0.3, -0.25) is 0 Å². The van der Waals surface area contributed by atoms with E-state index in [9.17, 15) is 9.90 Å². The van der Waals surface area contributed by atoms with Gasteiger partial charge in [-0.2, -0.15) is 0 Å². The monoisotopic (exact) mass is 336 g/mol. The predicted octanol–water partition coefficient (Wildman–Crippen LogP) is 4.32. The Morgan fingerprint density at radius 2 is 1.76 bits per heavy atom. The molecule has 3 aromatic rings. The number of anilines is 1. The van der Waals surface area contributed by atoms with E-state index >= 15 is 0 Å². The summed E-state index contributed by atoms with van der Waals surface area (Å²) in [5.74, 6) is 0.887. The second kappa shape index (κ2) is 7.13. The molecule has 0 fully saturated rings.